The van der Waals surface area contributed by atoms with Crippen LogP contribution in [0.2, 0.25) is 0 Å². The molecule has 23 heavy (non-hydrogen) atoms. The van der Waals surface area contributed by atoms with Crippen LogP contribution in [-0.4, -0.2) is 25.1 Å². The Balaban J connectivity index is 1.74. The maximum Gasteiger partial charge on any atom is 0.339 e. The maximum absolute atomic E-state index is 12.3. The summed E-state index contributed by atoms with van der Waals surface area (Å²) in [5, 5.41) is 2.76. The van der Waals surface area contributed by atoms with Crippen LogP contribution in [0.3, 0.4) is 0 Å². The zero-order chi connectivity index (χ0) is 16.4. The number of esters is 1. The van der Waals surface area contributed by atoms with Gasteiger partial charge in [-0.05, 0) is 42.8 Å². The van der Waals surface area contributed by atoms with Gasteiger partial charge in [-0.25, -0.2) is 4.79 Å². The summed E-state index contributed by atoms with van der Waals surface area (Å²) in [6.07, 6.45) is -0.441. The van der Waals surface area contributed by atoms with Gasteiger partial charge < -0.3 is 14.8 Å². The zero-order valence-electron chi connectivity index (χ0n) is 13.0. The molecular formula is C18H17NO4. The molecule has 1 aliphatic heterocycles. The van der Waals surface area contributed by atoms with E-state index >= 15 is 0 Å². The second-order valence-corrected chi connectivity index (χ2v) is 5.48. The number of fused-ring (bicyclic) bond motifs is 1. The first-order valence-electron chi connectivity index (χ1n) is 7.32. The lowest BCUT2D eigenvalue weighted by atomic mass is 9.96. The molecular weight excluding hydrogens is 294 g/mol. The second-order valence-electron chi connectivity index (χ2n) is 5.48. The van der Waals surface area contributed by atoms with Crippen LogP contribution < -0.4 is 10.1 Å². The van der Waals surface area contributed by atoms with Gasteiger partial charge in [-0.3, -0.25) is 4.79 Å². The first-order chi connectivity index (χ1) is 11.1. The van der Waals surface area contributed by atoms with Crippen LogP contribution in [-0.2, 0) is 16.0 Å². The van der Waals surface area contributed by atoms with Gasteiger partial charge in [0.15, 0.2) is 6.10 Å². The largest absolute Gasteiger partial charge is 0.497 e. The normalized spacial score (nSPS) is 16.3. The van der Waals surface area contributed by atoms with Crippen molar-refractivity contribution in [3.8, 4) is 5.75 Å². The van der Waals surface area contributed by atoms with Crippen LogP contribution in [0.1, 0.15) is 21.5 Å². The minimum Gasteiger partial charge on any atom is -0.497 e. The molecule has 0 aliphatic carbocycles. The van der Waals surface area contributed by atoms with Gasteiger partial charge in [-0.1, -0.05) is 17.7 Å². The van der Waals surface area contributed by atoms with Gasteiger partial charge in [0.1, 0.15) is 5.75 Å². The van der Waals surface area contributed by atoms with Gasteiger partial charge in [0.25, 0.3) is 5.91 Å². The number of nitrogens with one attached hydrogen (secondary N) is 1. The summed E-state index contributed by atoms with van der Waals surface area (Å²) >= 11 is 0. The lowest BCUT2D eigenvalue weighted by Crippen LogP contribution is -2.38. The monoisotopic (exact) mass is 311 g/mol. The third-order valence-electron chi connectivity index (χ3n) is 3.79. The first-order valence-corrected chi connectivity index (χ1v) is 7.32. The Morgan fingerprint density at radius 3 is 2.65 bits per heavy atom. The summed E-state index contributed by atoms with van der Waals surface area (Å²) in [5.41, 5.74) is 3.05. The van der Waals surface area contributed by atoms with Gasteiger partial charge in [0.05, 0.1) is 12.7 Å². The molecule has 0 bridgehead atoms. The van der Waals surface area contributed by atoms with Crippen LogP contribution in [0, 0.1) is 6.92 Å². The Hall–Kier alpha value is -2.82. The second kappa shape index (κ2) is 6.12. The number of rotatable bonds is 3. The first kappa shape index (κ1) is 15.1. The number of carbonyl (C=O) groups excluding carboxylic acids is 2. The Labute approximate surface area is 134 Å². The van der Waals surface area contributed by atoms with Crippen LogP contribution in [0.15, 0.2) is 42.5 Å². The Morgan fingerprint density at radius 1 is 1.22 bits per heavy atom. The van der Waals surface area contributed by atoms with Crippen molar-refractivity contribution in [2.45, 2.75) is 19.4 Å². The molecule has 5 nitrogen and oxygen atoms in total. The van der Waals surface area contributed by atoms with Crippen molar-refractivity contribution in [3.05, 3.63) is 59.2 Å². The van der Waals surface area contributed by atoms with Crippen LogP contribution in [0.5, 0.6) is 5.75 Å². The molecule has 2 aromatic carbocycles. The summed E-state index contributed by atoms with van der Waals surface area (Å²) in [6.45, 7) is 1.95. The standard InChI is InChI=1S/C18H17NO4/c1-11-3-8-15-12(9-11)10-16(23-18(15)21)17(20)19-13-4-6-14(22-2)7-5-13/h3-9,16H,10H2,1-2H3,(H,19,20). The van der Waals surface area contributed by atoms with Crippen molar-refractivity contribution in [3.63, 3.8) is 0 Å². The lowest BCUT2D eigenvalue weighted by Gasteiger charge is -2.24. The van der Waals surface area contributed by atoms with E-state index in [9.17, 15) is 9.59 Å². The molecule has 1 unspecified atom stereocenters. The molecule has 0 fully saturated rings. The van der Waals surface area contributed by atoms with Crippen molar-refractivity contribution in [2.24, 2.45) is 0 Å². The van der Waals surface area contributed by atoms with E-state index in [2.05, 4.69) is 5.32 Å². The maximum atomic E-state index is 12.3. The van der Waals surface area contributed by atoms with E-state index in [0.29, 0.717) is 23.4 Å². The number of methoxy groups -OCH3 is 1. The molecule has 0 aromatic heterocycles. The van der Waals surface area contributed by atoms with E-state index in [0.717, 1.165) is 11.1 Å². The molecule has 1 aliphatic rings. The molecule has 118 valence electrons. The number of aryl methyl sites for hydroxylation is 1. The number of anilines is 1. The van der Waals surface area contributed by atoms with Crippen molar-refractivity contribution in [1.82, 2.24) is 0 Å². The number of cyclic esters (lactones) is 1. The van der Waals surface area contributed by atoms with E-state index < -0.39 is 12.1 Å². The van der Waals surface area contributed by atoms with Crippen molar-refractivity contribution in [1.29, 1.82) is 0 Å². The molecule has 0 radical (unpaired) electrons. The molecule has 5 heteroatoms. The number of carbonyl (C=O) groups is 2. The Morgan fingerprint density at radius 2 is 1.96 bits per heavy atom. The highest BCUT2D eigenvalue weighted by atomic mass is 16.5. The quantitative estimate of drug-likeness (QED) is 0.885. The minimum atomic E-state index is -0.820. The summed E-state index contributed by atoms with van der Waals surface area (Å²) in [5.74, 6) is -0.0895. The summed E-state index contributed by atoms with van der Waals surface area (Å²) in [7, 11) is 1.58. The molecule has 1 atom stereocenters. The van der Waals surface area contributed by atoms with Gasteiger partial charge in [0, 0.05) is 12.1 Å². The number of amides is 1. The predicted molar refractivity (Wildman–Crippen MR) is 85.7 cm³/mol. The molecule has 1 heterocycles. The number of hydrogen-bond acceptors (Lipinski definition) is 4. The number of hydrogen-bond donors (Lipinski definition) is 1. The number of benzene rings is 2. The highest BCUT2D eigenvalue weighted by Gasteiger charge is 2.31. The Kier molecular flexibility index (Phi) is 4.02. The van der Waals surface area contributed by atoms with Gasteiger partial charge in [0.2, 0.25) is 0 Å². The van der Waals surface area contributed by atoms with E-state index in [1.165, 1.54) is 0 Å². The van der Waals surface area contributed by atoms with Crippen LogP contribution >= 0.6 is 0 Å². The fourth-order valence-electron chi connectivity index (χ4n) is 2.57. The topological polar surface area (TPSA) is 64.6 Å². The minimum absolute atomic E-state index is 0.337. The average Bonchev–Trinajstić information content (AvgIpc) is 2.55. The van der Waals surface area contributed by atoms with Gasteiger partial charge >= 0.3 is 5.97 Å². The van der Waals surface area contributed by atoms with Gasteiger partial charge in [-0.2, -0.15) is 0 Å². The van der Waals surface area contributed by atoms with E-state index in [4.69, 9.17) is 9.47 Å². The zero-order valence-corrected chi connectivity index (χ0v) is 13.0. The smallest absolute Gasteiger partial charge is 0.339 e. The molecule has 2 aromatic rings. The van der Waals surface area contributed by atoms with Crippen LogP contribution in [0.25, 0.3) is 0 Å². The van der Waals surface area contributed by atoms with Crippen molar-refractivity contribution in [2.75, 3.05) is 12.4 Å². The van der Waals surface area contributed by atoms with E-state index in [-0.39, 0.29) is 5.91 Å². The molecule has 0 saturated heterocycles. The molecule has 0 spiro atoms. The van der Waals surface area contributed by atoms with Gasteiger partial charge in [-0.15, -0.1) is 0 Å². The third kappa shape index (κ3) is 3.18. The third-order valence-corrected chi connectivity index (χ3v) is 3.79. The highest BCUT2D eigenvalue weighted by molar-refractivity contribution is 6.00. The fraction of sp³-hybridized carbons (Fsp3) is 0.222. The van der Waals surface area contributed by atoms with Crippen molar-refractivity contribution >= 4 is 17.6 Å². The highest BCUT2D eigenvalue weighted by Crippen LogP contribution is 2.23. The van der Waals surface area contributed by atoms with E-state index in [1.807, 2.05) is 19.1 Å². The summed E-state index contributed by atoms with van der Waals surface area (Å²) < 4.78 is 10.3. The summed E-state index contributed by atoms with van der Waals surface area (Å²) in [4.78, 5) is 24.4. The molecule has 1 N–H and O–H groups in total. The van der Waals surface area contributed by atoms with E-state index in [1.54, 1.807) is 37.4 Å². The average molecular weight is 311 g/mol. The van der Waals surface area contributed by atoms with Crippen molar-refractivity contribution < 1.29 is 19.1 Å². The molecule has 0 saturated carbocycles. The molecule has 1 amide bonds. The lowest BCUT2D eigenvalue weighted by molar-refractivity contribution is -0.125. The Bertz CT molecular complexity index is 752. The molecule has 3 rings (SSSR count). The number of ether oxygens (including phenoxy) is 2. The fourth-order valence-corrected chi connectivity index (χ4v) is 2.57. The predicted octanol–water partition coefficient (Wildman–Crippen LogP) is 2.72. The SMILES string of the molecule is COc1ccc(NC(=O)C2Cc3cc(C)ccc3C(=O)O2)cc1. The van der Waals surface area contributed by atoms with Crippen LogP contribution in [0.4, 0.5) is 5.69 Å². The summed E-state index contributed by atoms with van der Waals surface area (Å²) in [6, 6.07) is 12.5.